The minimum atomic E-state index is -0.320. The minimum Gasteiger partial charge on any atom is -0.330 e. The van der Waals surface area contributed by atoms with Gasteiger partial charge in [-0.05, 0) is 31.7 Å². The molecule has 3 atom stereocenters. The van der Waals surface area contributed by atoms with Crippen LogP contribution in [0, 0.1) is 5.92 Å². The Morgan fingerprint density at radius 1 is 1.26 bits per heavy atom. The first-order chi connectivity index (χ1) is 9.19. The van der Waals surface area contributed by atoms with Gasteiger partial charge >= 0.3 is 6.03 Å². The molecule has 0 aromatic heterocycles. The predicted molar refractivity (Wildman–Crippen MR) is 73.5 cm³/mol. The van der Waals surface area contributed by atoms with E-state index in [0.717, 1.165) is 38.5 Å². The van der Waals surface area contributed by atoms with Crippen molar-refractivity contribution in [1.82, 2.24) is 10.2 Å². The fourth-order valence-corrected chi connectivity index (χ4v) is 3.33. The molecule has 0 radical (unpaired) electrons. The van der Waals surface area contributed by atoms with Crippen molar-refractivity contribution in [3.8, 4) is 0 Å². The third-order valence-electron chi connectivity index (χ3n) is 4.38. The third-order valence-corrected chi connectivity index (χ3v) is 4.38. The van der Waals surface area contributed by atoms with Gasteiger partial charge < -0.3 is 11.1 Å². The summed E-state index contributed by atoms with van der Waals surface area (Å²) in [4.78, 5) is 26.0. The van der Waals surface area contributed by atoms with E-state index in [-0.39, 0.29) is 29.9 Å². The Balaban J connectivity index is 2.14. The van der Waals surface area contributed by atoms with Gasteiger partial charge in [0.05, 0.1) is 0 Å². The Morgan fingerprint density at radius 3 is 2.68 bits per heavy atom. The molecule has 1 aliphatic heterocycles. The van der Waals surface area contributed by atoms with Crippen molar-refractivity contribution >= 4 is 11.9 Å². The molecule has 0 aromatic carbocycles. The van der Waals surface area contributed by atoms with Crippen LogP contribution >= 0.6 is 0 Å². The molecule has 19 heavy (non-hydrogen) atoms. The van der Waals surface area contributed by atoms with Crippen LogP contribution in [0.3, 0.4) is 0 Å². The van der Waals surface area contributed by atoms with Crippen molar-refractivity contribution in [2.75, 3.05) is 6.54 Å². The van der Waals surface area contributed by atoms with Gasteiger partial charge in [-0.3, -0.25) is 9.69 Å². The Labute approximate surface area is 114 Å². The number of rotatable bonds is 4. The molecule has 1 saturated carbocycles. The molecule has 0 aromatic rings. The Bertz CT molecular complexity index is 346. The van der Waals surface area contributed by atoms with Gasteiger partial charge in [-0.1, -0.05) is 32.6 Å². The zero-order valence-corrected chi connectivity index (χ0v) is 11.7. The summed E-state index contributed by atoms with van der Waals surface area (Å²) in [5.74, 6) is 0.217. The third kappa shape index (κ3) is 2.91. The lowest BCUT2D eigenvalue weighted by Gasteiger charge is -2.30. The van der Waals surface area contributed by atoms with Crippen LogP contribution < -0.4 is 11.1 Å². The van der Waals surface area contributed by atoms with Crippen LogP contribution in [0.4, 0.5) is 4.79 Å². The van der Waals surface area contributed by atoms with Crippen molar-refractivity contribution in [3.63, 3.8) is 0 Å². The molecular weight excluding hydrogens is 242 g/mol. The van der Waals surface area contributed by atoms with Crippen LogP contribution in [0.2, 0.25) is 0 Å². The van der Waals surface area contributed by atoms with Gasteiger partial charge in [-0.2, -0.15) is 0 Å². The van der Waals surface area contributed by atoms with E-state index < -0.39 is 0 Å². The van der Waals surface area contributed by atoms with Crippen molar-refractivity contribution in [2.24, 2.45) is 11.7 Å². The summed E-state index contributed by atoms with van der Waals surface area (Å²) >= 11 is 0. The maximum absolute atomic E-state index is 12.4. The highest BCUT2D eigenvalue weighted by Crippen LogP contribution is 2.29. The maximum Gasteiger partial charge on any atom is 0.325 e. The molecule has 1 saturated heterocycles. The number of hydrogen-bond acceptors (Lipinski definition) is 3. The maximum atomic E-state index is 12.4. The lowest BCUT2D eigenvalue weighted by molar-refractivity contribution is -0.130. The molecule has 5 heteroatoms. The summed E-state index contributed by atoms with van der Waals surface area (Å²) in [6.07, 6.45) is 6.96. The fourth-order valence-electron chi connectivity index (χ4n) is 3.33. The largest absolute Gasteiger partial charge is 0.330 e. The molecule has 3 amide bonds. The average Bonchev–Trinajstić information content (AvgIpc) is 2.59. The monoisotopic (exact) mass is 267 g/mol. The second-order valence-corrected chi connectivity index (χ2v) is 5.70. The number of imide groups is 1. The van der Waals surface area contributed by atoms with E-state index >= 15 is 0 Å². The number of amides is 3. The van der Waals surface area contributed by atoms with Crippen LogP contribution in [0.1, 0.15) is 51.9 Å². The molecule has 0 spiro atoms. The lowest BCUT2D eigenvalue weighted by atomic mass is 9.93. The summed E-state index contributed by atoms with van der Waals surface area (Å²) in [6, 6.07) is -0.533. The normalized spacial score (nSPS) is 32.3. The van der Waals surface area contributed by atoms with Crippen molar-refractivity contribution in [3.05, 3.63) is 0 Å². The molecule has 5 nitrogen and oxygen atoms in total. The molecule has 1 aliphatic carbocycles. The van der Waals surface area contributed by atoms with Crippen LogP contribution in [0.5, 0.6) is 0 Å². The summed E-state index contributed by atoms with van der Waals surface area (Å²) in [5.41, 5.74) is 5.85. The van der Waals surface area contributed by atoms with E-state index in [0.29, 0.717) is 6.54 Å². The molecule has 3 N–H and O–H groups in total. The summed E-state index contributed by atoms with van der Waals surface area (Å²) in [7, 11) is 0. The smallest absolute Gasteiger partial charge is 0.325 e. The zero-order chi connectivity index (χ0) is 13.8. The van der Waals surface area contributed by atoms with E-state index in [1.54, 1.807) is 0 Å². The highest BCUT2D eigenvalue weighted by Gasteiger charge is 2.43. The van der Waals surface area contributed by atoms with E-state index in [1.807, 2.05) is 6.92 Å². The van der Waals surface area contributed by atoms with Crippen molar-refractivity contribution in [1.29, 1.82) is 0 Å². The van der Waals surface area contributed by atoms with Gasteiger partial charge in [0.15, 0.2) is 0 Å². The van der Waals surface area contributed by atoms with Crippen molar-refractivity contribution in [2.45, 2.75) is 64.0 Å². The number of hydrogen-bond donors (Lipinski definition) is 2. The molecule has 3 unspecified atom stereocenters. The molecular formula is C14H25N3O2. The van der Waals surface area contributed by atoms with E-state index in [9.17, 15) is 9.59 Å². The van der Waals surface area contributed by atoms with Crippen LogP contribution in [0.25, 0.3) is 0 Å². The summed E-state index contributed by atoms with van der Waals surface area (Å²) in [6.45, 7) is 2.58. The molecule has 2 aliphatic rings. The lowest BCUT2D eigenvalue weighted by Crippen LogP contribution is -2.46. The predicted octanol–water partition coefficient (Wildman–Crippen LogP) is 1.61. The number of nitrogens with zero attached hydrogens (tertiary/aromatic N) is 1. The highest BCUT2D eigenvalue weighted by molar-refractivity contribution is 6.04. The number of nitrogens with two attached hydrogens (primary N) is 1. The van der Waals surface area contributed by atoms with Crippen LogP contribution in [0.15, 0.2) is 0 Å². The molecule has 0 bridgehead atoms. The zero-order valence-electron chi connectivity index (χ0n) is 11.7. The van der Waals surface area contributed by atoms with Gasteiger partial charge in [0.25, 0.3) is 5.91 Å². The number of carbonyl (C=O) groups excluding carboxylic acids is 2. The summed E-state index contributed by atoms with van der Waals surface area (Å²) < 4.78 is 0. The number of nitrogens with one attached hydrogen (secondary N) is 1. The topological polar surface area (TPSA) is 75.4 Å². The Morgan fingerprint density at radius 2 is 2.00 bits per heavy atom. The Hall–Kier alpha value is -1.10. The van der Waals surface area contributed by atoms with Gasteiger partial charge in [0, 0.05) is 6.04 Å². The number of urea groups is 1. The first-order valence-corrected chi connectivity index (χ1v) is 7.52. The van der Waals surface area contributed by atoms with Crippen LogP contribution in [-0.2, 0) is 4.79 Å². The van der Waals surface area contributed by atoms with Gasteiger partial charge in [0.2, 0.25) is 0 Å². The van der Waals surface area contributed by atoms with Gasteiger partial charge in [0.1, 0.15) is 6.04 Å². The fraction of sp³-hybridized carbons (Fsp3) is 0.857. The van der Waals surface area contributed by atoms with Crippen molar-refractivity contribution < 1.29 is 9.59 Å². The van der Waals surface area contributed by atoms with Crippen LogP contribution in [-0.4, -0.2) is 35.5 Å². The quantitative estimate of drug-likeness (QED) is 0.600. The van der Waals surface area contributed by atoms with E-state index in [4.69, 9.17) is 5.73 Å². The second kappa shape index (κ2) is 6.37. The first-order valence-electron chi connectivity index (χ1n) is 7.52. The summed E-state index contributed by atoms with van der Waals surface area (Å²) in [5, 5.41) is 2.81. The SMILES string of the molecule is CCCC1NC(=O)N(C2CCCCCC2CN)C1=O. The molecule has 108 valence electrons. The minimum absolute atomic E-state index is 0.00172. The first kappa shape index (κ1) is 14.3. The van der Waals surface area contributed by atoms with E-state index in [2.05, 4.69) is 5.32 Å². The molecule has 2 rings (SSSR count). The standard InChI is InChI=1S/C14H25N3O2/c1-2-6-11-13(18)17(14(19)16-11)12-8-5-3-4-7-10(12)9-15/h10-12H,2-9,15H2,1H3,(H,16,19). The van der Waals surface area contributed by atoms with Gasteiger partial charge in [-0.25, -0.2) is 4.79 Å². The highest BCUT2D eigenvalue weighted by atomic mass is 16.2. The van der Waals surface area contributed by atoms with E-state index in [1.165, 1.54) is 11.3 Å². The Kier molecular flexibility index (Phi) is 4.80. The van der Waals surface area contributed by atoms with Gasteiger partial charge in [-0.15, -0.1) is 0 Å². The second-order valence-electron chi connectivity index (χ2n) is 5.70. The molecule has 2 fully saturated rings. The number of carbonyl (C=O) groups is 2. The molecule has 1 heterocycles. The average molecular weight is 267 g/mol.